The van der Waals surface area contributed by atoms with Crippen LogP contribution in [0.5, 0.6) is 0 Å². The molecule has 0 spiro atoms. The summed E-state index contributed by atoms with van der Waals surface area (Å²) in [6.07, 6.45) is 1.16. The number of nitrogens with two attached hydrogens (primary N) is 1. The maximum Gasteiger partial charge on any atom is 0.121 e. The first-order valence-electron chi connectivity index (χ1n) is 6.62. The van der Waals surface area contributed by atoms with Crippen LogP contribution >= 0.6 is 0 Å². The number of aromatic nitrogens is 2. The fourth-order valence-electron chi connectivity index (χ4n) is 2.15. The van der Waals surface area contributed by atoms with Crippen molar-refractivity contribution < 1.29 is 0 Å². The molecular weight excluding hydrogens is 238 g/mol. The summed E-state index contributed by atoms with van der Waals surface area (Å²) in [6.45, 7) is 3.01. The lowest BCUT2D eigenvalue weighted by Gasteiger charge is -2.16. The first-order valence-corrected chi connectivity index (χ1v) is 6.62. The minimum atomic E-state index is 0.766. The lowest BCUT2D eigenvalue weighted by Crippen LogP contribution is -2.23. The van der Waals surface area contributed by atoms with Gasteiger partial charge in [0, 0.05) is 5.69 Å². The molecule has 3 N–H and O–H groups in total. The summed E-state index contributed by atoms with van der Waals surface area (Å²) in [4.78, 5) is 12.4. The molecule has 0 bridgehead atoms. The lowest BCUT2D eigenvalue weighted by molar-refractivity contribution is 0.290. The smallest absolute Gasteiger partial charge is 0.121 e. The Morgan fingerprint density at radius 3 is 2.74 bits per heavy atom. The summed E-state index contributed by atoms with van der Waals surface area (Å²) in [7, 11) is 6.32. The van der Waals surface area contributed by atoms with Gasteiger partial charge in [-0.2, -0.15) is 0 Å². The monoisotopic (exact) mass is 261 g/mol. The van der Waals surface area contributed by atoms with Gasteiger partial charge in [-0.15, -0.1) is 0 Å². The number of hydrogen-bond donors (Lipinski definition) is 2. The topological polar surface area (TPSA) is 61.2 Å². The molecule has 1 aromatic heterocycles. The van der Waals surface area contributed by atoms with Crippen molar-refractivity contribution in [2.75, 3.05) is 40.0 Å². The van der Waals surface area contributed by atoms with Crippen LogP contribution in [0.2, 0.25) is 0 Å². The van der Waals surface area contributed by atoms with Gasteiger partial charge in [0.25, 0.3) is 0 Å². The number of rotatable bonds is 6. The number of nitrogens with zero attached hydrogens (tertiary/aromatic N) is 3. The van der Waals surface area contributed by atoms with Crippen LogP contribution in [0.1, 0.15) is 12.2 Å². The van der Waals surface area contributed by atoms with Crippen LogP contribution in [0.3, 0.4) is 0 Å². The average Bonchev–Trinajstić information content (AvgIpc) is 2.69. The van der Waals surface area contributed by atoms with E-state index >= 15 is 0 Å². The van der Waals surface area contributed by atoms with Crippen molar-refractivity contribution in [3.05, 3.63) is 24.0 Å². The van der Waals surface area contributed by atoms with Crippen LogP contribution in [-0.2, 0) is 6.54 Å². The second kappa shape index (κ2) is 6.04. The summed E-state index contributed by atoms with van der Waals surface area (Å²) in [5.41, 5.74) is 8.52. The predicted molar refractivity (Wildman–Crippen MR) is 80.0 cm³/mol. The fraction of sp³-hybridized carbons (Fsp3) is 0.500. The van der Waals surface area contributed by atoms with Crippen molar-refractivity contribution in [1.29, 1.82) is 0 Å². The second-order valence-electron chi connectivity index (χ2n) is 5.35. The van der Waals surface area contributed by atoms with Gasteiger partial charge in [-0.25, -0.2) is 4.98 Å². The van der Waals surface area contributed by atoms with Crippen LogP contribution in [0.25, 0.3) is 11.0 Å². The molecular formula is C14H23N5. The van der Waals surface area contributed by atoms with Gasteiger partial charge in [-0.05, 0) is 58.9 Å². The van der Waals surface area contributed by atoms with Crippen molar-refractivity contribution in [1.82, 2.24) is 19.8 Å². The van der Waals surface area contributed by atoms with Crippen molar-refractivity contribution in [3.63, 3.8) is 0 Å². The van der Waals surface area contributed by atoms with Crippen molar-refractivity contribution in [2.45, 2.75) is 13.0 Å². The minimum absolute atomic E-state index is 0.766. The third kappa shape index (κ3) is 3.94. The Labute approximate surface area is 114 Å². The molecule has 2 aromatic rings. The molecule has 0 aliphatic heterocycles. The van der Waals surface area contributed by atoms with Gasteiger partial charge in [0.2, 0.25) is 0 Å². The lowest BCUT2D eigenvalue weighted by atomic mass is 10.3. The molecule has 0 saturated carbocycles. The number of anilines is 1. The zero-order valence-corrected chi connectivity index (χ0v) is 12.0. The van der Waals surface area contributed by atoms with Crippen molar-refractivity contribution in [3.8, 4) is 0 Å². The summed E-state index contributed by atoms with van der Waals surface area (Å²) >= 11 is 0. The van der Waals surface area contributed by atoms with Crippen LogP contribution in [0.4, 0.5) is 5.69 Å². The Morgan fingerprint density at radius 1 is 1.21 bits per heavy atom. The molecule has 0 aliphatic rings. The van der Waals surface area contributed by atoms with Crippen molar-refractivity contribution >= 4 is 16.7 Å². The minimum Gasteiger partial charge on any atom is -0.399 e. The highest BCUT2D eigenvalue weighted by Crippen LogP contribution is 2.15. The van der Waals surface area contributed by atoms with Gasteiger partial charge in [-0.3, -0.25) is 4.90 Å². The molecule has 0 amide bonds. The number of imidazole rings is 1. The van der Waals surface area contributed by atoms with Crippen LogP contribution in [0.15, 0.2) is 18.2 Å². The Kier molecular flexibility index (Phi) is 4.39. The molecule has 5 heteroatoms. The Bertz CT molecular complexity index is 532. The zero-order chi connectivity index (χ0) is 13.8. The largest absolute Gasteiger partial charge is 0.399 e. The number of H-pyrrole nitrogens is 1. The van der Waals surface area contributed by atoms with E-state index in [1.807, 2.05) is 18.2 Å². The Balaban J connectivity index is 1.93. The molecule has 0 unspecified atom stereocenters. The molecule has 104 valence electrons. The van der Waals surface area contributed by atoms with E-state index in [1.165, 1.54) is 0 Å². The Morgan fingerprint density at radius 2 is 2.00 bits per heavy atom. The molecule has 19 heavy (non-hydrogen) atoms. The predicted octanol–water partition coefficient (Wildman–Crippen LogP) is 1.53. The van der Waals surface area contributed by atoms with Crippen LogP contribution < -0.4 is 5.73 Å². The molecule has 0 radical (unpaired) electrons. The fourth-order valence-corrected chi connectivity index (χ4v) is 2.15. The standard InChI is InChI=1S/C14H23N5/c1-18(2)7-4-8-19(3)10-14-16-12-6-5-11(15)9-13(12)17-14/h5-6,9H,4,7-8,10,15H2,1-3H3,(H,16,17). The summed E-state index contributed by atoms with van der Waals surface area (Å²) in [6, 6.07) is 5.77. The number of nitrogen functional groups attached to an aromatic ring is 1. The molecule has 1 heterocycles. The van der Waals surface area contributed by atoms with Gasteiger partial charge in [0.1, 0.15) is 5.82 Å². The molecule has 0 saturated heterocycles. The van der Waals surface area contributed by atoms with Crippen molar-refractivity contribution in [2.24, 2.45) is 0 Å². The van der Waals surface area contributed by atoms with E-state index in [1.54, 1.807) is 0 Å². The average molecular weight is 261 g/mol. The Hall–Kier alpha value is -1.59. The first-order chi connectivity index (χ1) is 9.04. The summed E-state index contributed by atoms with van der Waals surface area (Å²) in [5, 5.41) is 0. The SMILES string of the molecule is CN(C)CCCN(C)Cc1nc2ccc(N)cc2[nH]1. The van der Waals surface area contributed by atoms with Crippen LogP contribution in [0, 0.1) is 0 Å². The maximum atomic E-state index is 5.77. The van der Waals surface area contributed by atoms with Gasteiger partial charge < -0.3 is 15.6 Å². The molecule has 0 aliphatic carbocycles. The van der Waals surface area contributed by atoms with E-state index in [9.17, 15) is 0 Å². The molecule has 0 fully saturated rings. The van der Waals surface area contributed by atoms with Gasteiger partial charge in [-0.1, -0.05) is 0 Å². The quantitative estimate of drug-likeness (QED) is 0.774. The second-order valence-corrected chi connectivity index (χ2v) is 5.35. The molecule has 0 atom stereocenters. The molecule has 5 nitrogen and oxygen atoms in total. The van der Waals surface area contributed by atoms with E-state index in [0.717, 1.165) is 48.6 Å². The van der Waals surface area contributed by atoms with Crippen LogP contribution in [-0.4, -0.2) is 54.0 Å². The number of aromatic amines is 1. The zero-order valence-electron chi connectivity index (χ0n) is 12.0. The van der Waals surface area contributed by atoms with E-state index in [2.05, 4.69) is 40.9 Å². The number of hydrogen-bond acceptors (Lipinski definition) is 4. The first kappa shape index (κ1) is 13.8. The van der Waals surface area contributed by atoms with Gasteiger partial charge in [0.05, 0.1) is 17.6 Å². The number of fused-ring (bicyclic) bond motifs is 1. The third-order valence-corrected chi connectivity index (χ3v) is 3.12. The highest BCUT2D eigenvalue weighted by molar-refractivity contribution is 5.78. The number of benzene rings is 1. The van der Waals surface area contributed by atoms with Gasteiger partial charge >= 0.3 is 0 Å². The van der Waals surface area contributed by atoms with Gasteiger partial charge in [0.15, 0.2) is 0 Å². The molecule has 1 aromatic carbocycles. The van der Waals surface area contributed by atoms with E-state index in [0.29, 0.717) is 0 Å². The third-order valence-electron chi connectivity index (χ3n) is 3.12. The highest BCUT2D eigenvalue weighted by Gasteiger charge is 2.06. The van der Waals surface area contributed by atoms with E-state index in [-0.39, 0.29) is 0 Å². The highest BCUT2D eigenvalue weighted by atomic mass is 15.1. The van der Waals surface area contributed by atoms with E-state index < -0.39 is 0 Å². The normalized spacial score (nSPS) is 11.8. The maximum absolute atomic E-state index is 5.77. The molecule has 2 rings (SSSR count). The number of nitrogens with one attached hydrogen (secondary N) is 1. The summed E-state index contributed by atoms with van der Waals surface area (Å²) in [5.74, 6) is 0.993. The van der Waals surface area contributed by atoms with E-state index in [4.69, 9.17) is 5.73 Å². The summed E-state index contributed by atoms with van der Waals surface area (Å²) < 4.78 is 0.